The van der Waals surface area contributed by atoms with Crippen LogP contribution in [0.1, 0.15) is 37.5 Å². The molecule has 0 bridgehead atoms. The molecule has 5 rings (SSSR count). The second-order valence-electron chi connectivity index (χ2n) is 8.58. The number of anilines is 2. The Balaban J connectivity index is 1.73. The highest BCUT2D eigenvalue weighted by atomic mass is 16.2. The number of hydrogen-bond donors (Lipinski definition) is 3. The molecule has 3 heterocycles. The number of aliphatic imine (C=N–C) groups is 2. The van der Waals surface area contributed by atoms with Crippen molar-refractivity contribution in [2.24, 2.45) is 15.7 Å². The number of aryl methyl sites for hydroxylation is 1. The summed E-state index contributed by atoms with van der Waals surface area (Å²) >= 11 is 0. The molecule has 2 aromatic carbocycles. The molecule has 2 aromatic rings. The molecule has 0 fully saturated rings. The van der Waals surface area contributed by atoms with E-state index in [0.29, 0.717) is 5.96 Å². The lowest BCUT2D eigenvalue weighted by atomic mass is 9.88. The summed E-state index contributed by atoms with van der Waals surface area (Å²) in [4.78, 5) is 25.1. The average molecular weight is 400 g/mol. The zero-order chi connectivity index (χ0) is 21.3. The van der Waals surface area contributed by atoms with Gasteiger partial charge in [-0.1, -0.05) is 24.3 Å². The minimum atomic E-state index is -1.45. The molecule has 0 saturated carbocycles. The fourth-order valence-electron chi connectivity index (χ4n) is 4.65. The van der Waals surface area contributed by atoms with Gasteiger partial charge in [-0.15, -0.1) is 0 Å². The van der Waals surface area contributed by atoms with E-state index in [-0.39, 0.29) is 11.9 Å². The molecule has 0 saturated heterocycles. The third-order valence-corrected chi connectivity index (χ3v) is 5.76. The van der Waals surface area contributed by atoms with Gasteiger partial charge in [-0.25, -0.2) is 9.98 Å². The number of nitrogens with two attached hydrogens (primary N) is 1. The second-order valence-corrected chi connectivity index (χ2v) is 8.58. The quantitative estimate of drug-likeness (QED) is 0.686. The third-order valence-electron chi connectivity index (χ3n) is 5.76. The Kier molecular flexibility index (Phi) is 3.65. The van der Waals surface area contributed by atoms with Crippen LogP contribution in [0.4, 0.5) is 11.4 Å². The number of carbonyl (C=O) groups excluding carboxylic acids is 1. The van der Waals surface area contributed by atoms with E-state index in [4.69, 9.17) is 10.7 Å². The van der Waals surface area contributed by atoms with Gasteiger partial charge in [-0.2, -0.15) is 0 Å². The molecular formula is C23H24N6O. The van der Waals surface area contributed by atoms with Crippen LogP contribution < -0.4 is 21.3 Å². The van der Waals surface area contributed by atoms with Gasteiger partial charge in [0, 0.05) is 16.8 Å². The number of hydrogen-bond acceptors (Lipinski definition) is 6. The molecule has 1 spiro atoms. The standard InChI is InChI=1S/C23H24N6O/c1-13-10-16-14(2)12-22(3,4)29-18(16)17(11-13)23(19(29)30)27-20(24)26-21(28-23)25-15-8-6-5-7-9-15/h5-12H,1-4H3,(H4,24,25,26,27,28)/t23-/m1/s1. The first-order valence-electron chi connectivity index (χ1n) is 9.95. The van der Waals surface area contributed by atoms with Crippen LogP contribution in [0.2, 0.25) is 0 Å². The molecule has 1 amide bonds. The second kappa shape index (κ2) is 5.95. The maximum absolute atomic E-state index is 13.9. The highest BCUT2D eigenvalue weighted by Crippen LogP contribution is 2.53. The highest BCUT2D eigenvalue weighted by Gasteiger charge is 2.58. The van der Waals surface area contributed by atoms with E-state index in [9.17, 15) is 4.79 Å². The molecule has 152 valence electrons. The molecule has 4 N–H and O–H groups in total. The molecule has 3 aliphatic heterocycles. The zero-order valence-electron chi connectivity index (χ0n) is 17.4. The van der Waals surface area contributed by atoms with Crippen molar-refractivity contribution in [2.45, 2.75) is 38.9 Å². The van der Waals surface area contributed by atoms with Crippen LogP contribution in [0.5, 0.6) is 0 Å². The van der Waals surface area contributed by atoms with Crippen LogP contribution >= 0.6 is 0 Å². The predicted molar refractivity (Wildman–Crippen MR) is 120 cm³/mol. The Bertz CT molecular complexity index is 1180. The van der Waals surface area contributed by atoms with E-state index in [2.05, 4.69) is 34.7 Å². The van der Waals surface area contributed by atoms with Crippen LogP contribution in [0, 0.1) is 6.92 Å². The molecular weight excluding hydrogens is 376 g/mol. The van der Waals surface area contributed by atoms with Crippen molar-refractivity contribution in [2.75, 3.05) is 10.2 Å². The van der Waals surface area contributed by atoms with Crippen LogP contribution in [0.15, 0.2) is 58.5 Å². The monoisotopic (exact) mass is 400 g/mol. The Hall–Kier alpha value is -3.61. The van der Waals surface area contributed by atoms with Crippen molar-refractivity contribution in [3.63, 3.8) is 0 Å². The van der Waals surface area contributed by atoms with Gasteiger partial charge in [0.1, 0.15) is 0 Å². The summed E-state index contributed by atoms with van der Waals surface area (Å²) in [6, 6.07) is 13.7. The number of amides is 1. The number of para-hydroxylation sites is 1. The number of rotatable bonds is 1. The van der Waals surface area contributed by atoms with Gasteiger partial charge in [0.15, 0.2) is 5.96 Å². The molecule has 7 nitrogen and oxygen atoms in total. The van der Waals surface area contributed by atoms with Crippen molar-refractivity contribution in [3.8, 4) is 0 Å². The third kappa shape index (κ3) is 2.48. The summed E-state index contributed by atoms with van der Waals surface area (Å²) < 4.78 is 0. The molecule has 0 unspecified atom stereocenters. The summed E-state index contributed by atoms with van der Waals surface area (Å²) in [5, 5.41) is 6.17. The number of nitrogens with zero attached hydrogens (tertiary/aromatic N) is 3. The van der Waals surface area contributed by atoms with Crippen molar-refractivity contribution in [1.82, 2.24) is 5.32 Å². The van der Waals surface area contributed by atoms with Gasteiger partial charge < -0.3 is 11.1 Å². The fraction of sp³-hybridized carbons (Fsp3) is 0.261. The topological polar surface area (TPSA) is 95.1 Å². The van der Waals surface area contributed by atoms with Crippen LogP contribution in [-0.2, 0) is 10.5 Å². The van der Waals surface area contributed by atoms with E-state index in [1.165, 1.54) is 0 Å². The number of nitrogens with one attached hydrogen (secondary N) is 2. The first kappa shape index (κ1) is 18.4. The van der Waals surface area contributed by atoms with Gasteiger partial charge in [0.05, 0.1) is 11.2 Å². The molecule has 0 aromatic heterocycles. The van der Waals surface area contributed by atoms with Crippen molar-refractivity contribution in [3.05, 3.63) is 65.2 Å². The summed E-state index contributed by atoms with van der Waals surface area (Å²) in [7, 11) is 0. The van der Waals surface area contributed by atoms with E-state index < -0.39 is 11.2 Å². The molecule has 0 aliphatic carbocycles. The maximum atomic E-state index is 13.9. The van der Waals surface area contributed by atoms with E-state index in [1.807, 2.05) is 62.1 Å². The van der Waals surface area contributed by atoms with E-state index >= 15 is 0 Å². The molecule has 7 heteroatoms. The maximum Gasteiger partial charge on any atom is 0.283 e. The van der Waals surface area contributed by atoms with Crippen molar-refractivity contribution in [1.29, 1.82) is 0 Å². The summed E-state index contributed by atoms with van der Waals surface area (Å²) in [5.74, 6) is 0.337. The van der Waals surface area contributed by atoms with Gasteiger partial charge in [0.2, 0.25) is 5.96 Å². The lowest BCUT2D eigenvalue weighted by molar-refractivity contribution is -0.123. The summed E-state index contributed by atoms with van der Waals surface area (Å²) in [6.07, 6.45) is 2.12. The number of allylic oxidation sites excluding steroid dienone is 1. The van der Waals surface area contributed by atoms with Gasteiger partial charge >= 0.3 is 0 Å². The van der Waals surface area contributed by atoms with Crippen molar-refractivity contribution >= 4 is 34.8 Å². The average Bonchev–Trinajstić information content (AvgIpc) is 2.89. The molecule has 30 heavy (non-hydrogen) atoms. The Morgan fingerprint density at radius 3 is 2.57 bits per heavy atom. The minimum absolute atomic E-state index is 0.148. The first-order chi connectivity index (χ1) is 14.2. The summed E-state index contributed by atoms with van der Waals surface area (Å²) in [6.45, 7) is 8.16. The normalized spacial score (nSPS) is 23.4. The predicted octanol–water partition coefficient (Wildman–Crippen LogP) is 3.08. The first-order valence-corrected chi connectivity index (χ1v) is 9.95. The van der Waals surface area contributed by atoms with Crippen LogP contribution in [0.3, 0.4) is 0 Å². The smallest absolute Gasteiger partial charge is 0.283 e. The fourth-order valence-corrected chi connectivity index (χ4v) is 4.65. The largest absolute Gasteiger partial charge is 0.370 e. The molecule has 1 atom stereocenters. The van der Waals surface area contributed by atoms with Crippen molar-refractivity contribution < 1.29 is 4.79 Å². The number of benzene rings is 2. The Labute approximate surface area is 175 Å². The van der Waals surface area contributed by atoms with Gasteiger partial charge in [-0.05, 0) is 63.1 Å². The van der Waals surface area contributed by atoms with Gasteiger partial charge in [-0.3, -0.25) is 15.0 Å². The van der Waals surface area contributed by atoms with Gasteiger partial charge in [0.25, 0.3) is 11.6 Å². The van der Waals surface area contributed by atoms with Crippen LogP contribution in [0.25, 0.3) is 5.57 Å². The SMILES string of the molecule is CC1=CC(C)(C)N2C(=O)[C@@]3(N=C(N)NC(Nc4ccccc4)=N3)c3cc(C)cc1c32. The number of guanidine groups is 2. The lowest BCUT2D eigenvalue weighted by Gasteiger charge is -2.39. The lowest BCUT2D eigenvalue weighted by Crippen LogP contribution is -2.54. The Morgan fingerprint density at radius 2 is 1.83 bits per heavy atom. The molecule has 0 radical (unpaired) electrons. The highest BCUT2D eigenvalue weighted by molar-refractivity contribution is 6.17. The zero-order valence-corrected chi connectivity index (χ0v) is 17.4. The van der Waals surface area contributed by atoms with E-state index in [1.54, 1.807) is 0 Å². The van der Waals surface area contributed by atoms with E-state index in [0.717, 1.165) is 33.6 Å². The minimum Gasteiger partial charge on any atom is -0.370 e. The van der Waals surface area contributed by atoms with Crippen LogP contribution in [-0.4, -0.2) is 23.4 Å². The summed E-state index contributed by atoms with van der Waals surface area (Å²) in [5.41, 5.74) is 9.91. The molecule has 3 aliphatic rings. The number of fused-ring (bicyclic) bond motifs is 1. The Morgan fingerprint density at radius 1 is 1.10 bits per heavy atom. The number of carbonyl (C=O) groups is 1.